The Balaban J connectivity index is 1.73. The van der Waals surface area contributed by atoms with Gasteiger partial charge < -0.3 is 14.2 Å². The van der Waals surface area contributed by atoms with Gasteiger partial charge in [0.2, 0.25) is 0 Å². The highest BCUT2D eigenvalue weighted by Crippen LogP contribution is 2.39. The van der Waals surface area contributed by atoms with Crippen LogP contribution in [0.2, 0.25) is 5.02 Å². The van der Waals surface area contributed by atoms with E-state index in [-0.39, 0.29) is 30.9 Å². The molecule has 1 saturated heterocycles. The van der Waals surface area contributed by atoms with E-state index in [1.165, 1.54) is 4.90 Å². The van der Waals surface area contributed by atoms with Crippen molar-refractivity contribution in [2.45, 2.75) is 33.6 Å². The van der Waals surface area contributed by atoms with Crippen LogP contribution in [0, 0.1) is 6.92 Å². The first-order chi connectivity index (χ1) is 16.7. The van der Waals surface area contributed by atoms with E-state index in [2.05, 4.69) is 20.4 Å². The van der Waals surface area contributed by atoms with E-state index in [4.69, 9.17) is 25.8 Å². The second-order valence-electron chi connectivity index (χ2n) is 8.24. The van der Waals surface area contributed by atoms with Crippen LogP contribution in [0.1, 0.15) is 43.4 Å². The Labute approximate surface area is 215 Å². The van der Waals surface area contributed by atoms with Crippen LogP contribution >= 0.6 is 23.4 Å². The molecule has 3 rings (SSSR count). The number of halogens is 1. The van der Waals surface area contributed by atoms with Crippen LogP contribution < -0.4 is 14.2 Å². The minimum Gasteiger partial charge on any atom is -0.491 e. The van der Waals surface area contributed by atoms with Gasteiger partial charge in [-0.05, 0) is 72.5 Å². The smallest absolute Gasteiger partial charge is 0.293 e. The van der Waals surface area contributed by atoms with Gasteiger partial charge in [0.15, 0.2) is 11.5 Å². The number of aryl methyl sites for hydroxylation is 1. The van der Waals surface area contributed by atoms with E-state index < -0.39 is 0 Å². The molecule has 0 atom stereocenters. The van der Waals surface area contributed by atoms with Gasteiger partial charge in [-0.25, -0.2) is 0 Å². The number of carbonyl (C=O) groups excluding carboxylic acids is 2. The molecule has 2 aromatic rings. The molecule has 8 heteroatoms. The van der Waals surface area contributed by atoms with Crippen molar-refractivity contribution in [3.63, 3.8) is 0 Å². The Kier molecular flexibility index (Phi) is 9.29. The number of nitrogens with zero attached hydrogens (tertiary/aromatic N) is 1. The maximum Gasteiger partial charge on any atom is 0.293 e. The molecule has 2 amide bonds. The molecule has 0 N–H and O–H groups in total. The van der Waals surface area contributed by atoms with Crippen molar-refractivity contribution in [2.75, 3.05) is 26.4 Å². The highest BCUT2D eigenvalue weighted by molar-refractivity contribution is 8.18. The number of ether oxygens (including phenoxy) is 3. The average molecular weight is 516 g/mol. The Bertz CT molecular complexity index is 1140. The molecule has 0 spiro atoms. The maximum absolute atomic E-state index is 13.0. The van der Waals surface area contributed by atoms with E-state index in [0.29, 0.717) is 39.5 Å². The molecule has 2 aromatic carbocycles. The number of carbonyl (C=O) groups is 2. The van der Waals surface area contributed by atoms with Crippen molar-refractivity contribution < 1.29 is 23.8 Å². The summed E-state index contributed by atoms with van der Waals surface area (Å²) in [6, 6.07) is 9.48. The Morgan fingerprint density at radius 2 is 1.89 bits per heavy atom. The highest BCUT2D eigenvalue weighted by atomic mass is 35.5. The van der Waals surface area contributed by atoms with Gasteiger partial charge >= 0.3 is 0 Å². The number of benzene rings is 2. The predicted molar refractivity (Wildman–Crippen MR) is 142 cm³/mol. The highest BCUT2D eigenvalue weighted by Gasteiger charge is 2.35. The van der Waals surface area contributed by atoms with Crippen LogP contribution in [-0.4, -0.2) is 42.4 Å². The SMILES string of the molecule is C=CCOc1c(Cl)cc(/C=C2\SC(=O)N(CCOc3cc(C)ccc3C(C)C)C2=O)cc1OCC. The van der Waals surface area contributed by atoms with Crippen molar-refractivity contribution in [1.82, 2.24) is 4.90 Å². The van der Waals surface area contributed by atoms with Crippen molar-refractivity contribution in [3.05, 3.63) is 69.6 Å². The molecule has 6 nitrogen and oxygen atoms in total. The number of thioether (sulfide) groups is 1. The van der Waals surface area contributed by atoms with Crippen molar-refractivity contribution in [1.29, 1.82) is 0 Å². The van der Waals surface area contributed by atoms with E-state index in [1.807, 2.05) is 32.0 Å². The van der Waals surface area contributed by atoms with Crippen LogP contribution in [0.3, 0.4) is 0 Å². The zero-order valence-electron chi connectivity index (χ0n) is 20.4. The van der Waals surface area contributed by atoms with E-state index >= 15 is 0 Å². The van der Waals surface area contributed by atoms with Crippen molar-refractivity contribution in [3.8, 4) is 17.2 Å². The Hall–Kier alpha value is -2.90. The zero-order chi connectivity index (χ0) is 25.5. The quantitative estimate of drug-likeness (QED) is 0.241. The zero-order valence-corrected chi connectivity index (χ0v) is 22.0. The summed E-state index contributed by atoms with van der Waals surface area (Å²) in [6.45, 7) is 12.8. The normalized spacial score (nSPS) is 14.7. The first-order valence-corrected chi connectivity index (χ1v) is 12.6. The summed E-state index contributed by atoms with van der Waals surface area (Å²) < 4.78 is 17.2. The number of hydrogen-bond donors (Lipinski definition) is 0. The van der Waals surface area contributed by atoms with Crippen molar-refractivity contribution in [2.24, 2.45) is 0 Å². The molecule has 0 bridgehead atoms. The molecule has 0 aromatic heterocycles. The first kappa shape index (κ1) is 26.7. The fourth-order valence-corrected chi connectivity index (χ4v) is 4.69. The summed E-state index contributed by atoms with van der Waals surface area (Å²) in [4.78, 5) is 27.0. The molecule has 1 aliphatic rings. The average Bonchev–Trinajstić information content (AvgIpc) is 3.06. The van der Waals surface area contributed by atoms with Gasteiger partial charge in [0.25, 0.3) is 11.1 Å². The fraction of sp³-hybridized carbons (Fsp3) is 0.333. The fourth-order valence-electron chi connectivity index (χ4n) is 3.55. The van der Waals surface area contributed by atoms with Crippen LogP contribution in [0.15, 0.2) is 47.9 Å². The lowest BCUT2D eigenvalue weighted by molar-refractivity contribution is -0.123. The molecule has 0 radical (unpaired) electrons. The third-order valence-corrected chi connectivity index (χ3v) is 6.40. The Morgan fingerprint density at radius 3 is 2.57 bits per heavy atom. The molecule has 0 saturated carbocycles. The van der Waals surface area contributed by atoms with Gasteiger partial charge in [0.05, 0.1) is 23.1 Å². The van der Waals surface area contributed by atoms with Crippen LogP contribution in [0.5, 0.6) is 17.2 Å². The molecule has 1 fully saturated rings. The third-order valence-electron chi connectivity index (χ3n) is 5.21. The summed E-state index contributed by atoms with van der Waals surface area (Å²) in [5.74, 6) is 1.58. The second kappa shape index (κ2) is 12.2. The van der Waals surface area contributed by atoms with Crippen LogP contribution in [-0.2, 0) is 4.79 Å². The van der Waals surface area contributed by atoms with Gasteiger partial charge in [-0.3, -0.25) is 14.5 Å². The minimum absolute atomic E-state index is 0.159. The lowest BCUT2D eigenvalue weighted by Crippen LogP contribution is -2.32. The summed E-state index contributed by atoms with van der Waals surface area (Å²) in [6.07, 6.45) is 3.25. The van der Waals surface area contributed by atoms with Crippen LogP contribution in [0.25, 0.3) is 6.08 Å². The molecule has 1 heterocycles. The van der Waals surface area contributed by atoms with Gasteiger partial charge in [-0.1, -0.05) is 50.2 Å². The summed E-state index contributed by atoms with van der Waals surface area (Å²) in [7, 11) is 0. The predicted octanol–water partition coefficient (Wildman–Crippen LogP) is 6.85. The van der Waals surface area contributed by atoms with E-state index in [9.17, 15) is 9.59 Å². The molecular formula is C27H30ClNO5S. The summed E-state index contributed by atoms with van der Waals surface area (Å²) in [5.41, 5.74) is 2.81. The number of amides is 2. The molecule has 0 aliphatic carbocycles. The maximum atomic E-state index is 13.0. The second-order valence-corrected chi connectivity index (χ2v) is 9.64. The largest absolute Gasteiger partial charge is 0.491 e. The monoisotopic (exact) mass is 515 g/mol. The number of hydrogen-bond acceptors (Lipinski definition) is 6. The minimum atomic E-state index is -0.363. The van der Waals surface area contributed by atoms with Gasteiger partial charge in [-0.2, -0.15) is 0 Å². The van der Waals surface area contributed by atoms with E-state index in [1.54, 1.807) is 24.3 Å². The Morgan fingerprint density at radius 1 is 1.11 bits per heavy atom. The number of rotatable bonds is 11. The summed E-state index contributed by atoms with van der Waals surface area (Å²) >= 11 is 7.29. The molecular weight excluding hydrogens is 486 g/mol. The lowest BCUT2D eigenvalue weighted by atomic mass is 10.0. The molecule has 186 valence electrons. The molecule has 0 unspecified atom stereocenters. The summed E-state index contributed by atoms with van der Waals surface area (Å²) in [5, 5.41) is 0.0102. The van der Waals surface area contributed by atoms with Gasteiger partial charge in [0, 0.05) is 0 Å². The van der Waals surface area contributed by atoms with Gasteiger partial charge in [-0.15, -0.1) is 0 Å². The first-order valence-electron chi connectivity index (χ1n) is 11.4. The number of imide groups is 1. The standard InChI is InChI=1S/C27H30ClNO5S/c1-6-11-34-25-21(28)14-19(15-23(25)32-7-2)16-24-26(30)29(27(31)35-24)10-12-33-22-13-18(5)8-9-20(22)17(3)4/h6,8-9,13-17H,1,7,10-12H2,2-5H3/b24-16-. The van der Waals surface area contributed by atoms with Gasteiger partial charge in [0.1, 0.15) is 19.0 Å². The van der Waals surface area contributed by atoms with E-state index in [0.717, 1.165) is 28.6 Å². The topological polar surface area (TPSA) is 65.1 Å². The van der Waals surface area contributed by atoms with Crippen molar-refractivity contribution >= 4 is 40.6 Å². The molecule has 35 heavy (non-hydrogen) atoms. The molecule has 1 aliphatic heterocycles. The van der Waals surface area contributed by atoms with Crippen LogP contribution in [0.4, 0.5) is 4.79 Å². The third kappa shape index (κ3) is 6.61. The lowest BCUT2D eigenvalue weighted by Gasteiger charge is -2.17.